The monoisotopic (exact) mass is 538 g/mol. The van der Waals surface area contributed by atoms with Crippen molar-refractivity contribution in [2.24, 2.45) is 5.92 Å². The van der Waals surface area contributed by atoms with Gasteiger partial charge >= 0.3 is 0 Å². The van der Waals surface area contributed by atoms with Gasteiger partial charge in [-0.15, -0.1) is 0 Å². The first-order valence-corrected chi connectivity index (χ1v) is 12.8. The van der Waals surface area contributed by atoms with Crippen LogP contribution in [-0.4, -0.2) is 50.7 Å². The predicted octanol–water partition coefficient (Wildman–Crippen LogP) is 3.12. The predicted molar refractivity (Wildman–Crippen MR) is 140 cm³/mol. The SMILES string of the molecule is Nc1ccc(CNCC2CCN(c3nccc(/C=C4\SC(=O)NC4=O)n3)CC2)c(-c2cc(F)nc(F)c2)n1. The van der Waals surface area contributed by atoms with Gasteiger partial charge in [0.2, 0.25) is 17.8 Å². The number of hydrogen-bond donors (Lipinski definition) is 3. The van der Waals surface area contributed by atoms with Crippen LogP contribution in [0.1, 0.15) is 24.1 Å². The normalized spacial score (nSPS) is 17.3. The fourth-order valence-electron chi connectivity index (χ4n) is 4.40. The Kier molecular flexibility index (Phi) is 7.56. The van der Waals surface area contributed by atoms with Crippen LogP contribution in [-0.2, 0) is 11.3 Å². The number of carbonyl (C=O) groups is 2. The number of halogens is 2. The lowest BCUT2D eigenvalue weighted by Gasteiger charge is -2.32. The minimum atomic E-state index is -0.918. The van der Waals surface area contributed by atoms with E-state index >= 15 is 0 Å². The number of aromatic nitrogens is 4. The molecule has 3 aromatic heterocycles. The summed E-state index contributed by atoms with van der Waals surface area (Å²) in [4.78, 5) is 41.9. The van der Waals surface area contributed by atoms with Crippen LogP contribution in [0.2, 0.25) is 0 Å². The fraction of sp³-hybridized carbons (Fsp3) is 0.280. The molecule has 13 heteroatoms. The molecule has 38 heavy (non-hydrogen) atoms. The summed E-state index contributed by atoms with van der Waals surface area (Å²) in [7, 11) is 0. The topological polar surface area (TPSA) is 139 Å². The summed E-state index contributed by atoms with van der Waals surface area (Å²) in [5, 5.41) is 5.27. The quantitative estimate of drug-likeness (QED) is 0.304. The Morgan fingerprint density at radius 3 is 2.58 bits per heavy atom. The zero-order valence-corrected chi connectivity index (χ0v) is 21.0. The third-order valence-electron chi connectivity index (χ3n) is 6.27. The average Bonchev–Trinajstić information content (AvgIpc) is 3.21. The molecule has 2 amide bonds. The van der Waals surface area contributed by atoms with Gasteiger partial charge in [0, 0.05) is 43.5 Å². The first-order chi connectivity index (χ1) is 18.3. The van der Waals surface area contributed by atoms with Crippen molar-refractivity contribution in [1.29, 1.82) is 0 Å². The number of piperidine rings is 1. The van der Waals surface area contributed by atoms with Crippen molar-refractivity contribution >= 4 is 40.8 Å². The van der Waals surface area contributed by atoms with Crippen molar-refractivity contribution in [3.05, 3.63) is 64.6 Å². The Hall–Kier alpha value is -3.97. The lowest BCUT2D eigenvalue weighted by molar-refractivity contribution is -0.115. The summed E-state index contributed by atoms with van der Waals surface area (Å²) in [6.45, 7) is 2.75. The number of hydrogen-bond acceptors (Lipinski definition) is 10. The Morgan fingerprint density at radius 1 is 1.11 bits per heavy atom. The number of rotatable bonds is 7. The smallest absolute Gasteiger partial charge is 0.290 e. The van der Waals surface area contributed by atoms with E-state index in [9.17, 15) is 18.4 Å². The number of nitrogen functional groups attached to an aromatic ring is 1. The second-order valence-corrected chi connectivity index (χ2v) is 9.95. The van der Waals surface area contributed by atoms with Gasteiger partial charge in [0.05, 0.1) is 16.3 Å². The molecule has 5 rings (SSSR count). The number of anilines is 2. The van der Waals surface area contributed by atoms with E-state index in [0.29, 0.717) is 34.7 Å². The van der Waals surface area contributed by atoms with E-state index in [0.717, 1.165) is 61.9 Å². The molecule has 0 atom stereocenters. The number of nitrogens with two attached hydrogens (primary N) is 1. The zero-order valence-electron chi connectivity index (χ0n) is 20.2. The number of pyridine rings is 2. The summed E-state index contributed by atoms with van der Waals surface area (Å²) in [6.07, 6.45) is 5.06. The Bertz CT molecular complexity index is 1390. The maximum absolute atomic E-state index is 13.7. The Balaban J connectivity index is 1.16. The van der Waals surface area contributed by atoms with Gasteiger partial charge < -0.3 is 16.0 Å². The van der Waals surface area contributed by atoms with Crippen LogP contribution in [0.15, 0.2) is 41.4 Å². The van der Waals surface area contributed by atoms with Crippen LogP contribution in [0.4, 0.5) is 25.3 Å². The molecule has 2 aliphatic heterocycles. The molecule has 0 aliphatic carbocycles. The number of amides is 2. The lowest BCUT2D eigenvalue weighted by Crippen LogP contribution is -2.38. The van der Waals surface area contributed by atoms with E-state index in [1.54, 1.807) is 30.5 Å². The fourth-order valence-corrected chi connectivity index (χ4v) is 5.06. The van der Waals surface area contributed by atoms with E-state index in [1.807, 2.05) is 0 Å². The molecule has 2 fully saturated rings. The van der Waals surface area contributed by atoms with E-state index in [1.165, 1.54) is 0 Å². The van der Waals surface area contributed by atoms with Gasteiger partial charge in [-0.2, -0.15) is 13.8 Å². The highest BCUT2D eigenvalue weighted by Crippen LogP contribution is 2.27. The first kappa shape index (κ1) is 25.7. The van der Waals surface area contributed by atoms with Crippen LogP contribution < -0.4 is 21.3 Å². The number of nitrogens with zero attached hydrogens (tertiary/aromatic N) is 5. The minimum absolute atomic E-state index is 0.259. The van der Waals surface area contributed by atoms with E-state index < -0.39 is 23.0 Å². The van der Waals surface area contributed by atoms with Crippen molar-refractivity contribution in [2.45, 2.75) is 19.4 Å². The van der Waals surface area contributed by atoms with Gasteiger partial charge in [0.15, 0.2) is 0 Å². The van der Waals surface area contributed by atoms with E-state index in [-0.39, 0.29) is 11.4 Å². The van der Waals surface area contributed by atoms with Gasteiger partial charge in [-0.3, -0.25) is 14.9 Å². The highest BCUT2D eigenvalue weighted by molar-refractivity contribution is 8.18. The maximum atomic E-state index is 13.7. The summed E-state index contributed by atoms with van der Waals surface area (Å²) < 4.78 is 27.3. The molecular weight excluding hydrogens is 514 g/mol. The summed E-state index contributed by atoms with van der Waals surface area (Å²) in [5.41, 5.74) is 7.86. The summed E-state index contributed by atoms with van der Waals surface area (Å²) >= 11 is 0.852. The summed E-state index contributed by atoms with van der Waals surface area (Å²) in [5.74, 6) is -0.999. The number of carbonyl (C=O) groups excluding carboxylic acids is 2. The van der Waals surface area contributed by atoms with Gasteiger partial charge in [-0.25, -0.2) is 15.0 Å². The molecule has 2 aliphatic rings. The Morgan fingerprint density at radius 2 is 1.87 bits per heavy atom. The molecular formula is C25H24F2N8O2S. The molecule has 0 unspecified atom stereocenters. The maximum Gasteiger partial charge on any atom is 0.290 e. The van der Waals surface area contributed by atoms with E-state index in [2.05, 4.69) is 35.5 Å². The van der Waals surface area contributed by atoms with Crippen LogP contribution in [0.25, 0.3) is 17.3 Å². The summed E-state index contributed by atoms with van der Waals surface area (Å²) in [6, 6.07) is 7.43. The molecule has 3 aromatic rings. The van der Waals surface area contributed by atoms with Crippen LogP contribution in [0.3, 0.4) is 0 Å². The van der Waals surface area contributed by atoms with Gasteiger partial charge in [0.1, 0.15) is 5.82 Å². The minimum Gasteiger partial charge on any atom is -0.384 e. The molecule has 0 saturated carbocycles. The number of imide groups is 1. The third-order valence-corrected chi connectivity index (χ3v) is 7.08. The van der Waals surface area contributed by atoms with Crippen LogP contribution >= 0.6 is 11.8 Å². The van der Waals surface area contributed by atoms with Crippen molar-refractivity contribution in [2.75, 3.05) is 30.3 Å². The highest BCUT2D eigenvalue weighted by Gasteiger charge is 2.26. The molecule has 0 spiro atoms. The molecule has 0 bridgehead atoms. The third kappa shape index (κ3) is 6.11. The standard InChI is InChI=1S/C25H24F2N8O2S/c26-19-9-16(10-20(27)32-19)22-15(1-2-21(28)33-22)13-29-12-14-4-7-35(8-5-14)24-30-6-3-17(31-24)11-18-23(36)34-25(37)38-18/h1-3,6,9-11,14,29H,4-5,7-8,12-13H2,(H2,28,33)(H,34,36,37)/b18-11-. The molecule has 2 saturated heterocycles. The number of nitrogens with one attached hydrogen (secondary N) is 2. The number of thioether (sulfide) groups is 1. The molecule has 0 aromatic carbocycles. The molecule has 196 valence electrons. The molecule has 4 N–H and O–H groups in total. The van der Waals surface area contributed by atoms with Crippen molar-refractivity contribution in [3.8, 4) is 11.3 Å². The second-order valence-electron chi connectivity index (χ2n) is 8.94. The van der Waals surface area contributed by atoms with E-state index in [4.69, 9.17) is 5.73 Å². The van der Waals surface area contributed by atoms with Crippen molar-refractivity contribution in [1.82, 2.24) is 30.6 Å². The lowest BCUT2D eigenvalue weighted by atomic mass is 9.97. The second kappa shape index (κ2) is 11.2. The van der Waals surface area contributed by atoms with Gasteiger partial charge in [-0.05, 0) is 60.8 Å². The molecule has 0 radical (unpaired) electrons. The molecule has 5 heterocycles. The average molecular weight is 539 g/mol. The highest BCUT2D eigenvalue weighted by atomic mass is 32.2. The van der Waals surface area contributed by atoms with Gasteiger partial charge in [-0.1, -0.05) is 6.07 Å². The first-order valence-electron chi connectivity index (χ1n) is 12.0. The Labute approximate surface area is 221 Å². The van der Waals surface area contributed by atoms with Crippen molar-refractivity contribution in [3.63, 3.8) is 0 Å². The van der Waals surface area contributed by atoms with Crippen LogP contribution in [0.5, 0.6) is 0 Å². The van der Waals surface area contributed by atoms with Gasteiger partial charge in [0.25, 0.3) is 11.1 Å². The zero-order chi connectivity index (χ0) is 26.6. The largest absolute Gasteiger partial charge is 0.384 e. The van der Waals surface area contributed by atoms with Crippen LogP contribution in [0, 0.1) is 17.8 Å². The molecule has 10 nitrogen and oxygen atoms in total. The van der Waals surface area contributed by atoms with Crippen molar-refractivity contribution < 1.29 is 18.4 Å².